The molecule has 1 heterocycles. The summed E-state index contributed by atoms with van der Waals surface area (Å²) < 4.78 is 0. The van der Waals surface area contributed by atoms with Gasteiger partial charge in [-0.15, -0.1) is 0 Å². The second-order valence-electron chi connectivity index (χ2n) is 4.28. The van der Waals surface area contributed by atoms with E-state index in [9.17, 15) is 14.4 Å². The van der Waals surface area contributed by atoms with Crippen LogP contribution in [-0.4, -0.2) is 31.3 Å². The van der Waals surface area contributed by atoms with Gasteiger partial charge in [-0.05, 0) is 30.2 Å². The third-order valence-electron chi connectivity index (χ3n) is 2.95. The highest BCUT2D eigenvalue weighted by Crippen LogP contribution is 2.23. The van der Waals surface area contributed by atoms with Crippen LogP contribution in [-0.2, 0) is 16.0 Å². The highest BCUT2D eigenvalue weighted by molar-refractivity contribution is 5.99. The minimum Gasteiger partial charge on any atom is -0.358 e. The number of rotatable bonds is 3. The van der Waals surface area contributed by atoms with Crippen LogP contribution in [0.2, 0.25) is 0 Å². The van der Waals surface area contributed by atoms with Gasteiger partial charge in [0.1, 0.15) is 0 Å². The van der Waals surface area contributed by atoms with E-state index >= 15 is 0 Å². The second kappa shape index (κ2) is 5.51. The lowest BCUT2D eigenvalue weighted by Crippen LogP contribution is -2.35. The van der Waals surface area contributed by atoms with Crippen molar-refractivity contribution in [2.45, 2.75) is 12.8 Å². The number of anilines is 1. The number of aryl methyl sites for hydroxylation is 1. The molecule has 1 aromatic carbocycles. The summed E-state index contributed by atoms with van der Waals surface area (Å²) in [6.07, 6.45) is 1.05. The van der Waals surface area contributed by atoms with Gasteiger partial charge in [-0.25, -0.2) is 0 Å². The lowest BCUT2D eigenvalue weighted by Gasteiger charge is -2.17. The molecule has 0 radical (unpaired) electrons. The van der Waals surface area contributed by atoms with E-state index in [-0.39, 0.29) is 24.3 Å². The van der Waals surface area contributed by atoms with Crippen LogP contribution in [0, 0.1) is 0 Å². The van der Waals surface area contributed by atoms with Crippen LogP contribution in [0.5, 0.6) is 0 Å². The van der Waals surface area contributed by atoms with Gasteiger partial charge in [0.25, 0.3) is 5.91 Å². The van der Waals surface area contributed by atoms with E-state index < -0.39 is 0 Å². The van der Waals surface area contributed by atoms with E-state index in [1.807, 2.05) is 0 Å². The minimum atomic E-state index is -0.302. The lowest BCUT2D eigenvalue weighted by molar-refractivity contribution is -0.119. The number of hydrogen-bond acceptors (Lipinski definition) is 3. The third-order valence-corrected chi connectivity index (χ3v) is 2.95. The predicted octanol–water partition coefficient (Wildman–Crippen LogP) is 0.0471. The van der Waals surface area contributed by atoms with Crippen LogP contribution in [0.3, 0.4) is 0 Å². The Hall–Kier alpha value is -2.37. The monoisotopic (exact) mass is 261 g/mol. The predicted molar refractivity (Wildman–Crippen MR) is 69.8 cm³/mol. The number of carbonyl (C=O) groups is 3. The fourth-order valence-corrected chi connectivity index (χ4v) is 1.88. The first-order valence-electron chi connectivity index (χ1n) is 6.01. The molecule has 0 saturated heterocycles. The van der Waals surface area contributed by atoms with Gasteiger partial charge < -0.3 is 16.0 Å². The highest BCUT2D eigenvalue weighted by Gasteiger charge is 2.16. The molecule has 19 heavy (non-hydrogen) atoms. The Morgan fingerprint density at radius 2 is 2.11 bits per heavy atom. The minimum absolute atomic E-state index is 0.00989. The molecule has 2 rings (SSSR count). The molecule has 0 unspecified atom stereocenters. The van der Waals surface area contributed by atoms with E-state index in [4.69, 9.17) is 0 Å². The molecule has 0 atom stereocenters. The van der Waals surface area contributed by atoms with E-state index in [1.54, 1.807) is 18.2 Å². The zero-order chi connectivity index (χ0) is 13.8. The zero-order valence-electron chi connectivity index (χ0n) is 10.6. The number of benzene rings is 1. The van der Waals surface area contributed by atoms with E-state index in [2.05, 4.69) is 16.0 Å². The Balaban J connectivity index is 2.07. The summed E-state index contributed by atoms with van der Waals surface area (Å²) >= 11 is 0. The Morgan fingerprint density at radius 3 is 2.84 bits per heavy atom. The van der Waals surface area contributed by atoms with Crippen molar-refractivity contribution in [3.8, 4) is 0 Å². The Labute approximate surface area is 110 Å². The first-order chi connectivity index (χ1) is 9.10. The molecule has 1 aliphatic heterocycles. The van der Waals surface area contributed by atoms with Crippen LogP contribution in [0.25, 0.3) is 0 Å². The fourth-order valence-electron chi connectivity index (χ4n) is 1.88. The van der Waals surface area contributed by atoms with Gasteiger partial charge >= 0.3 is 0 Å². The van der Waals surface area contributed by atoms with Crippen molar-refractivity contribution in [2.24, 2.45) is 0 Å². The van der Waals surface area contributed by atoms with Crippen molar-refractivity contribution in [3.63, 3.8) is 0 Å². The summed E-state index contributed by atoms with van der Waals surface area (Å²) in [5.74, 6) is -0.564. The molecule has 3 N–H and O–H groups in total. The van der Waals surface area contributed by atoms with Crippen molar-refractivity contribution in [1.29, 1.82) is 0 Å². The number of amides is 3. The first kappa shape index (κ1) is 13.1. The van der Waals surface area contributed by atoms with Gasteiger partial charge in [-0.1, -0.05) is 0 Å². The van der Waals surface area contributed by atoms with Gasteiger partial charge in [-0.2, -0.15) is 0 Å². The number of nitrogens with one attached hydrogen (secondary N) is 3. The smallest absolute Gasteiger partial charge is 0.251 e. The maximum Gasteiger partial charge on any atom is 0.251 e. The van der Waals surface area contributed by atoms with Gasteiger partial charge in [0.15, 0.2) is 0 Å². The number of carbonyl (C=O) groups excluding carboxylic acids is 3. The average Bonchev–Trinajstić information content (AvgIpc) is 2.43. The molecule has 0 saturated carbocycles. The summed E-state index contributed by atoms with van der Waals surface area (Å²) in [5, 5.41) is 7.70. The summed E-state index contributed by atoms with van der Waals surface area (Å²) in [7, 11) is 1.51. The standard InChI is InChI=1S/C13H15N3O3/c1-14-12(18)7-15-13(19)9-2-4-10-8(6-9)3-5-11(17)16-10/h2,4,6H,3,5,7H2,1H3,(H,14,18)(H,15,19)(H,16,17). The third kappa shape index (κ3) is 3.09. The molecule has 0 spiro atoms. The number of likely N-dealkylation sites (N-methyl/N-ethyl adjacent to an activating group) is 1. The molecule has 100 valence electrons. The first-order valence-corrected chi connectivity index (χ1v) is 6.01. The zero-order valence-corrected chi connectivity index (χ0v) is 10.6. The van der Waals surface area contributed by atoms with Crippen LogP contribution < -0.4 is 16.0 Å². The molecule has 1 aromatic rings. The molecule has 0 fully saturated rings. The van der Waals surface area contributed by atoms with E-state index in [0.29, 0.717) is 18.4 Å². The van der Waals surface area contributed by atoms with Gasteiger partial charge in [0.05, 0.1) is 6.54 Å². The maximum atomic E-state index is 11.8. The van der Waals surface area contributed by atoms with E-state index in [0.717, 1.165) is 11.3 Å². The Bertz CT molecular complexity index is 540. The second-order valence-corrected chi connectivity index (χ2v) is 4.28. The average molecular weight is 261 g/mol. The molecule has 1 aliphatic rings. The SMILES string of the molecule is CNC(=O)CNC(=O)c1ccc2c(c1)CCC(=O)N2. The van der Waals surface area contributed by atoms with E-state index in [1.165, 1.54) is 7.05 Å². The summed E-state index contributed by atoms with van der Waals surface area (Å²) in [4.78, 5) is 34.1. The molecule has 3 amide bonds. The number of hydrogen-bond donors (Lipinski definition) is 3. The molecule has 6 heteroatoms. The van der Waals surface area contributed by atoms with Crippen LogP contribution >= 0.6 is 0 Å². The van der Waals surface area contributed by atoms with Crippen molar-refractivity contribution >= 4 is 23.4 Å². The topological polar surface area (TPSA) is 87.3 Å². The molecule has 0 aliphatic carbocycles. The summed E-state index contributed by atoms with van der Waals surface area (Å²) in [6.45, 7) is -0.0524. The molecule has 6 nitrogen and oxygen atoms in total. The van der Waals surface area contributed by atoms with Crippen LogP contribution in [0.1, 0.15) is 22.3 Å². The van der Waals surface area contributed by atoms with Crippen molar-refractivity contribution < 1.29 is 14.4 Å². The summed E-state index contributed by atoms with van der Waals surface area (Å²) in [5.41, 5.74) is 2.17. The van der Waals surface area contributed by atoms with Crippen molar-refractivity contribution in [2.75, 3.05) is 18.9 Å². The number of fused-ring (bicyclic) bond motifs is 1. The quantitative estimate of drug-likeness (QED) is 0.718. The van der Waals surface area contributed by atoms with Gasteiger partial charge in [0, 0.05) is 24.7 Å². The van der Waals surface area contributed by atoms with Crippen LogP contribution in [0.15, 0.2) is 18.2 Å². The normalized spacial score (nSPS) is 13.2. The fraction of sp³-hybridized carbons (Fsp3) is 0.308. The largest absolute Gasteiger partial charge is 0.358 e. The maximum absolute atomic E-state index is 11.8. The Morgan fingerprint density at radius 1 is 1.32 bits per heavy atom. The molecular weight excluding hydrogens is 246 g/mol. The molecule has 0 bridgehead atoms. The van der Waals surface area contributed by atoms with Gasteiger partial charge in [0.2, 0.25) is 11.8 Å². The molecular formula is C13H15N3O3. The lowest BCUT2D eigenvalue weighted by atomic mass is 10.00. The van der Waals surface area contributed by atoms with Gasteiger partial charge in [-0.3, -0.25) is 14.4 Å². The highest BCUT2D eigenvalue weighted by atomic mass is 16.2. The summed E-state index contributed by atoms with van der Waals surface area (Å²) in [6, 6.07) is 5.08. The molecule has 0 aromatic heterocycles. The van der Waals surface area contributed by atoms with Crippen molar-refractivity contribution in [1.82, 2.24) is 10.6 Å². The Kier molecular flexibility index (Phi) is 3.79. The van der Waals surface area contributed by atoms with Crippen molar-refractivity contribution in [3.05, 3.63) is 29.3 Å². The van der Waals surface area contributed by atoms with Crippen LogP contribution in [0.4, 0.5) is 5.69 Å².